The second-order valence-electron chi connectivity index (χ2n) is 5.59. The normalized spacial score (nSPS) is 12.2. The Morgan fingerprint density at radius 3 is 2.73 bits per heavy atom. The van der Waals surface area contributed by atoms with Crippen LogP contribution in [0.25, 0.3) is 11.7 Å². The summed E-state index contributed by atoms with van der Waals surface area (Å²) in [7, 11) is 1.31. The van der Waals surface area contributed by atoms with E-state index in [-0.39, 0.29) is 16.9 Å². The van der Waals surface area contributed by atoms with Crippen LogP contribution in [0, 0.1) is 13.8 Å². The first-order valence-corrected chi connectivity index (χ1v) is 8.66. The number of aryl methyl sites for hydroxylation is 1. The summed E-state index contributed by atoms with van der Waals surface area (Å²) in [6.07, 6.45) is 1.51. The Labute approximate surface area is 153 Å². The van der Waals surface area contributed by atoms with Gasteiger partial charge < -0.3 is 18.6 Å². The molecule has 0 amide bonds. The summed E-state index contributed by atoms with van der Waals surface area (Å²) in [4.78, 5) is 27.6. The maximum atomic E-state index is 12.8. The predicted octanol–water partition coefficient (Wildman–Crippen LogP) is 3.42. The van der Waals surface area contributed by atoms with Crippen molar-refractivity contribution in [2.24, 2.45) is 0 Å². The van der Waals surface area contributed by atoms with E-state index in [1.807, 2.05) is 0 Å². The molecular weight excluding hydrogens is 358 g/mol. The number of furan rings is 1. The summed E-state index contributed by atoms with van der Waals surface area (Å²) in [5, 5.41) is 7.58. The lowest BCUT2D eigenvalue weighted by Gasteiger charge is -2.07. The molecule has 3 aromatic heterocycles. The van der Waals surface area contributed by atoms with Gasteiger partial charge in [0.15, 0.2) is 11.5 Å². The topological polar surface area (TPSA) is 111 Å². The maximum absolute atomic E-state index is 12.8. The van der Waals surface area contributed by atoms with Gasteiger partial charge in [0, 0.05) is 5.69 Å². The molecule has 0 aromatic carbocycles. The van der Waals surface area contributed by atoms with E-state index < -0.39 is 11.2 Å². The smallest absolute Gasteiger partial charge is 0.339 e. The van der Waals surface area contributed by atoms with Gasteiger partial charge in [-0.1, -0.05) is 11.8 Å². The Kier molecular flexibility index (Phi) is 4.99. The molecule has 9 heteroatoms. The minimum Gasteiger partial charge on any atom is -0.465 e. The number of hydrogen-bond acceptors (Lipinski definition) is 8. The number of nitrogens with one attached hydrogen (secondary N) is 1. The molecule has 0 unspecified atom stereocenters. The van der Waals surface area contributed by atoms with Crippen LogP contribution in [0.5, 0.6) is 0 Å². The van der Waals surface area contributed by atoms with Gasteiger partial charge in [0.05, 0.1) is 29.9 Å². The molecule has 0 saturated carbocycles. The Hall–Kier alpha value is -2.81. The van der Waals surface area contributed by atoms with Crippen LogP contribution in [0.1, 0.15) is 39.0 Å². The first-order valence-electron chi connectivity index (χ1n) is 7.78. The highest BCUT2D eigenvalue weighted by Crippen LogP contribution is 2.29. The number of ketones is 1. The van der Waals surface area contributed by atoms with Crippen molar-refractivity contribution in [1.29, 1.82) is 0 Å². The van der Waals surface area contributed by atoms with Crippen molar-refractivity contribution in [2.45, 2.75) is 31.2 Å². The third-order valence-electron chi connectivity index (χ3n) is 3.86. The standard InChI is InChI=1S/C17H17N3O5S/c1-8-12(16(22)23-4)9(2)18-13(8)14(21)10(3)26-17-20-19-15(25-17)11-6-5-7-24-11/h5-7,10,18H,1-4H3/t10-/m1/s1. The summed E-state index contributed by atoms with van der Waals surface area (Å²) in [6, 6.07) is 3.42. The van der Waals surface area contributed by atoms with Crippen LogP contribution in [0.3, 0.4) is 0 Å². The molecule has 0 radical (unpaired) electrons. The summed E-state index contributed by atoms with van der Waals surface area (Å²) in [6.45, 7) is 5.17. The van der Waals surface area contributed by atoms with E-state index in [4.69, 9.17) is 13.6 Å². The molecule has 0 fully saturated rings. The van der Waals surface area contributed by atoms with Gasteiger partial charge >= 0.3 is 5.97 Å². The van der Waals surface area contributed by atoms with Crippen molar-refractivity contribution in [3.8, 4) is 11.7 Å². The lowest BCUT2D eigenvalue weighted by Crippen LogP contribution is -2.15. The molecule has 26 heavy (non-hydrogen) atoms. The van der Waals surface area contributed by atoms with E-state index in [1.165, 1.54) is 13.4 Å². The van der Waals surface area contributed by atoms with Gasteiger partial charge in [0.1, 0.15) is 0 Å². The fraction of sp³-hybridized carbons (Fsp3) is 0.294. The van der Waals surface area contributed by atoms with Gasteiger partial charge in [-0.2, -0.15) is 0 Å². The summed E-state index contributed by atoms with van der Waals surface area (Å²) >= 11 is 1.13. The number of rotatable bonds is 6. The van der Waals surface area contributed by atoms with E-state index in [0.29, 0.717) is 28.3 Å². The molecule has 1 N–H and O–H groups in total. The van der Waals surface area contributed by atoms with Crippen molar-refractivity contribution in [3.05, 3.63) is 40.9 Å². The van der Waals surface area contributed by atoms with Crippen LogP contribution in [0.15, 0.2) is 32.5 Å². The molecule has 0 aliphatic rings. The number of ether oxygens (including phenoxy) is 1. The molecule has 0 bridgehead atoms. The predicted molar refractivity (Wildman–Crippen MR) is 93.3 cm³/mol. The number of thioether (sulfide) groups is 1. The Morgan fingerprint density at radius 2 is 2.08 bits per heavy atom. The number of Topliss-reactive ketones (excluding diaryl/α,β-unsaturated/α-hetero) is 1. The first-order chi connectivity index (χ1) is 12.4. The third-order valence-corrected chi connectivity index (χ3v) is 4.79. The molecule has 0 saturated heterocycles. The number of nitrogens with zero attached hydrogens (tertiary/aromatic N) is 2. The van der Waals surface area contributed by atoms with E-state index in [9.17, 15) is 9.59 Å². The number of esters is 1. The minimum atomic E-state index is -0.498. The molecule has 3 aromatic rings. The highest BCUT2D eigenvalue weighted by Gasteiger charge is 2.27. The number of aromatic nitrogens is 3. The summed E-state index contributed by atoms with van der Waals surface area (Å²) in [5.74, 6) is 0.0537. The van der Waals surface area contributed by atoms with Crippen LogP contribution in [0.2, 0.25) is 0 Å². The van der Waals surface area contributed by atoms with Crippen LogP contribution in [0.4, 0.5) is 0 Å². The molecular formula is C17H17N3O5S. The highest BCUT2D eigenvalue weighted by molar-refractivity contribution is 8.00. The van der Waals surface area contributed by atoms with Crippen LogP contribution in [-0.4, -0.2) is 39.3 Å². The number of H-pyrrole nitrogens is 1. The van der Waals surface area contributed by atoms with E-state index in [2.05, 4.69) is 15.2 Å². The van der Waals surface area contributed by atoms with Crippen molar-refractivity contribution < 1.29 is 23.2 Å². The lowest BCUT2D eigenvalue weighted by atomic mass is 10.1. The molecule has 1 atom stereocenters. The highest BCUT2D eigenvalue weighted by atomic mass is 32.2. The van der Waals surface area contributed by atoms with Gasteiger partial charge in [0.25, 0.3) is 11.1 Å². The molecule has 0 aliphatic heterocycles. The van der Waals surface area contributed by atoms with E-state index in [0.717, 1.165) is 11.8 Å². The van der Waals surface area contributed by atoms with Gasteiger partial charge in [-0.3, -0.25) is 4.79 Å². The first kappa shape index (κ1) is 18.0. The van der Waals surface area contributed by atoms with Crippen molar-refractivity contribution in [3.63, 3.8) is 0 Å². The largest absolute Gasteiger partial charge is 0.465 e. The minimum absolute atomic E-state index is 0.177. The van der Waals surface area contributed by atoms with Crippen molar-refractivity contribution in [1.82, 2.24) is 15.2 Å². The number of hydrogen-bond donors (Lipinski definition) is 1. The van der Waals surface area contributed by atoms with Crippen molar-refractivity contribution in [2.75, 3.05) is 7.11 Å². The van der Waals surface area contributed by atoms with Crippen LogP contribution in [-0.2, 0) is 4.74 Å². The number of carbonyl (C=O) groups is 2. The SMILES string of the molecule is COC(=O)c1c(C)[nH]c(C(=O)[C@@H](C)Sc2nnc(-c3ccco3)o2)c1C. The Balaban J connectivity index is 1.77. The molecule has 3 heterocycles. The lowest BCUT2D eigenvalue weighted by molar-refractivity contribution is 0.0599. The zero-order valence-corrected chi connectivity index (χ0v) is 15.5. The Bertz CT molecular complexity index is 942. The van der Waals surface area contributed by atoms with Crippen LogP contribution >= 0.6 is 11.8 Å². The second kappa shape index (κ2) is 7.20. The van der Waals surface area contributed by atoms with Gasteiger partial charge in [-0.05, 0) is 38.5 Å². The number of aromatic amines is 1. The average molecular weight is 375 g/mol. The second-order valence-corrected chi connectivity index (χ2v) is 6.88. The van der Waals surface area contributed by atoms with Crippen molar-refractivity contribution >= 4 is 23.5 Å². The zero-order valence-electron chi connectivity index (χ0n) is 14.7. The fourth-order valence-corrected chi connectivity index (χ4v) is 3.31. The van der Waals surface area contributed by atoms with E-state index >= 15 is 0 Å². The quantitative estimate of drug-likeness (QED) is 0.396. The zero-order chi connectivity index (χ0) is 18.8. The third kappa shape index (κ3) is 3.30. The maximum Gasteiger partial charge on any atom is 0.339 e. The molecule has 0 spiro atoms. The summed E-state index contributed by atoms with van der Waals surface area (Å²) in [5.41, 5.74) is 1.90. The molecule has 136 valence electrons. The number of methoxy groups -OCH3 is 1. The number of carbonyl (C=O) groups excluding carboxylic acids is 2. The fourth-order valence-electron chi connectivity index (χ4n) is 2.57. The van der Waals surface area contributed by atoms with E-state index in [1.54, 1.807) is 32.9 Å². The monoisotopic (exact) mass is 375 g/mol. The summed E-state index contributed by atoms with van der Waals surface area (Å²) < 4.78 is 15.5. The van der Waals surface area contributed by atoms with Gasteiger partial charge in [-0.15, -0.1) is 10.2 Å². The average Bonchev–Trinajstić information content (AvgIpc) is 3.34. The molecule has 3 rings (SSSR count). The Morgan fingerprint density at radius 1 is 1.31 bits per heavy atom. The van der Waals surface area contributed by atoms with Gasteiger partial charge in [0.2, 0.25) is 0 Å². The molecule has 0 aliphatic carbocycles. The van der Waals surface area contributed by atoms with Crippen LogP contribution < -0.4 is 0 Å². The molecule has 8 nitrogen and oxygen atoms in total. The van der Waals surface area contributed by atoms with Gasteiger partial charge in [-0.25, -0.2) is 4.79 Å².